The van der Waals surface area contributed by atoms with Crippen molar-refractivity contribution in [3.05, 3.63) is 71.0 Å². The van der Waals surface area contributed by atoms with E-state index in [0.29, 0.717) is 18.6 Å². The summed E-state index contributed by atoms with van der Waals surface area (Å²) in [4.78, 5) is 12.6. The van der Waals surface area contributed by atoms with Gasteiger partial charge in [-0.15, -0.1) is 0 Å². The van der Waals surface area contributed by atoms with Gasteiger partial charge in [0.25, 0.3) is 0 Å². The zero-order valence-corrected chi connectivity index (χ0v) is 12.2. The van der Waals surface area contributed by atoms with E-state index in [1.165, 1.54) is 17.7 Å². The summed E-state index contributed by atoms with van der Waals surface area (Å²) in [5.41, 5.74) is 2.89. The van der Waals surface area contributed by atoms with Gasteiger partial charge in [-0.1, -0.05) is 42.0 Å². The van der Waals surface area contributed by atoms with Crippen LogP contribution in [0.4, 0.5) is 4.39 Å². The number of carbonyl (C=O) groups is 1. The van der Waals surface area contributed by atoms with Crippen LogP contribution in [0.15, 0.2) is 48.5 Å². The lowest BCUT2D eigenvalue weighted by atomic mass is 9.73. The van der Waals surface area contributed by atoms with Gasteiger partial charge in [-0.2, -0.15) is 0 Å². The molecule has 2 heteroatoms. The Labute approximate surface area is 124 Å². The highest BCUT2D eigenvalue weighted by Crippen LogP contribution is 2.41. The van der Waals surface area contributed by atoms with E-state index in [4.69, 9.17) is 0 Å². The quantitative estimate of drug-likeness (QED) is 0.817. The van der Waals surface area contributed by atoms with E-state index in [-0.39, 0.29) is 5.82 Å². The molecule has 0 aromatic heterocycles. The fourth-order valence-electron chi connectivity index (χ4n) is 3.35. The summed E-state index contributed by atoms with van der Waals surface area (Å²) in [6, 6.07) is 14.8. The van der Waals surface area contributed by atoms with Gasteiger partial charge in [0.2, 0.25) is 0 Å². The third-order valence-corrected chi connectivity index (χ3v) is 4.56. The average molecular weight is 282 g/mol. The van der Waals surface area contributed by atoms with Gasteiger partial charge in [-0.25, -0.2) is 4.39 Å². The topological polar surface area (TPSA) is 17.1 Å². The summed E-state index contributed by atoms with van der Waals surface area (Å²) in [6.07, 6.45) is 3.13. The highest BCUT2D eigenvalue weighted by atomic mass is 19.1. The largest absolute Gasteiger partial charge is 0.299 e. The lowest BCUT2D eigenvalue weighted by Gasteiger charge is -2.28. The first kappa shape index (κ1) is 14.0. The van der Waals surface area contributed by atoms with Gasteiger partial charge in [0.1, 0.15) is 11.6 Å². The molecule has 0 spiro atoms. The smallest absolute Gasteiger partial charge is 0.143 e. The van der Waals surface area contributed by atoms with Crippen LogP contribution in [-0.4, -0.2) is 5.78 Å². The molecule has 1 nitrogen and oxygen atoms in total. The van der Waals surface area contributed by atoms with Gasteiger partial charge in [-0.3, -0.25) is 4.79 Å². The van der Waals surface area contributed by atoms with E-state index in [1.807, 2.05) is 6.92 Å². The summed E-state index contributed by atoms with van der Waals surface area (Å²) < 4.78 is 13.1. The number of ketones is 1. The van der Waals surface area contributed by atoms with E-state index in [0.717, 1.165) is 24.0 Å². The Hall–Kier alpha value is -1.96. The van der Waals surface area contributed by atoms with Crippen LogP contribution >= 0.6 is 0 Å². The molecule has 1 aliphatic carbocycles. The number of hydrogen-bond acceptors (Lipinski definition) is 1. The fraction of sp³-hybridized carbons (Fsp3) is 0.316. The van der Waals surface area contributed by atoms with E-state index >= 15 is 0 Å². The molecule has 1 fully saturated rings. The van der Waals surface area contributed by atoms with Crippen LogP contribution in [0.1, 0.15) is 36.0 Å². The Morgan fingerprint density at radius 1 is 1.05 bits per heavy atom. The fourth-order valence-corrected chi connectivity index (χ4v) is 3.35. The van der Waals surface area contributed by atoms with E-state index in [2.05, 4.69) is 24.3 Å². The van der Waals surface area contributed by atoms with E-state index in [9.17, 15) is 9.18 Å². The van der Waals surface area contributed by atoms with Crippen molar-refractivity contribution in [2.45, 2.75) is 38.0 Å². The molecule has 1 saturated carbocycles. The highest BCUT2D eigenvalue weighted by molar-refractivity contribution is 5.92. The maximum Gasteiger partial charge on any atom is 0.143 e. The number of rotatable bonds is 3. The van der Waals surface area contributed by atoms with Crippen molar-refractivity contribution in [1.82, 2.24) is 0 Å². The molecular weight excluding hydrogens is 263 g/mol. The van der Waals surface area contributed by atoms with Gasteiger partial charge in [0, 0.05) is 6.42 Å². The van der Waals surface area contributed by atoms with Crippen LogP contribution in [0.3, 0.4) is 0 Å². The zero-order valence-electron chi connectivity index (χ0n) is 12.2. The molecule has 1 unspecified atom stereocenters. The first-order chi connectivity index (χ1) is 10.1. The summed E-state index contributed by atoms with van der Waals surface area (Å²) in [5, 5.41) is 0. The molecule has 2 aromatic carbocycles. The second-order valence-corrected chi connectivity index (χ2v) is 6.03. The Bertz CT molecular complexity index is 642. The Morgan fingerprint density at radius 3 is 2.29 bits per heavy atom. The minimum Gasteiger partial charge on any atom is -0.299 e. The maximum atomic E-state index is 13.1. The van der Waals surface area contributed by atoms with Crippen molar-refractivity contribution in [3.8, 4) is 0 Å². The standard InChI is InChI=1S/C19H19FO/c1-14-4-8-16(9-5-14)19(12-2-3-18(19)21)13-15-6-10-17(20)11-7-15/h4-11H,2-3,12-13H2,1H3. The second-order valence-electron chi connectivity index (χ2n) is 6.03. The molecule has 108 valence electrons. The van der Waals surface area contributed by atoms with Crippen LogP contribution in [0.5, 0.6) is 0 Å². The lowest BCUT2D eigenvalue weighted by molar-refractivity contribution is -0.122. The maximum absolute atomic E-state index is 13.1. The monoisotopic (exact) mass is 282 g/mol. The molecule has 0 aliphatic heterocycles. The van der Waals surface area contributed by atoms with Crippen LogP contribution in [0.25, 0.3) is 0 Å². The van der Waals surface area contributed by atoms with Crippen LogP contribution in [-0.2, 0) is 16.6 Å². The molecule has 0 amide bonds. The SMILES string of the molecule is Cc1ccc(C2(Cc3ccc(F)cc3)CCCC2=O)cc1. The number of carbonyl (C=O) groups excluding carboxylic acids is 1. The Balaban J connectivity index is 1.99. The van der Waals surface area contributed by atoms with Crippen LogP contribution in [0, 0.1) is 12.7 Å². The first-order valence-corrected chi connectivity index (χ1v) is 7.45. The number of benzene rings is 2. The first-order valence-electron chi connectivity index (χ1n) is 7.45. The average Bonchev–Trinajstić information content (AvgIpc) is 2.84. The normalized spacial score (nSPS) is 21.7. The predicted octanol–water partition coefficient (Wildman–Crippen LogP) is 4.37. The summed E-state index contributed by atoms with van der Waals surface area (Å²) in [5.74, 6) is 0.0802. The third-order valence-electron chi connectivity index (χ3n) is 4.56. The second kappa shape index (κ2) is 5.44. The number of aryl methyl sites for hydroxylation is 1. The molecule has 1 atom stereocenters. The van der Waals surface area contributed by atoms with Crippen molar-refractivity contribution >= 4 is 5.78 Å². The van der Waals surface area contributed by atoms with Gasteiger partial charge in [0.15, 0.2) is 0 Å². The molecule has 3 rings (SSSR count). The van der Waals surface area contributed by atoms with Crippen molar-refractivity contribution in [1.29, 1.82) is 0 Å². The molecule has 21 heavy (non-hydrogen) atoms. The molecular formula is C19H19FO. The lowest BCUT2D eigenvalue weighted by Crippen LogP contribution is -2.33. The molecule has 0 radical (unpaired) electrons. The van der Waals surface area contributed by atoms with Gasteiger partial charge < -0.3 is 0 Å². The minimum absolute atomic E-state index is 0.235. The van der Waals surface area contributed by atoms with Crippen LogP contribution < -0.4 is 0 Å². The molecule has 0 heterocycles. The van der Waals surface area contributed by atoms with Crippen molar-refractivity contribution < 1.29 is 9.18 Å². The van der Waals surface area contributed by atoms with E-state index < -0.39 is 5.41 Å². The summed E-state index contributed by atoms with van der Waals surface area (Å²) >= 11 is 0. The van der Waals surface area contributed by atoms with Gasteiger partial charge in [0.05, 0.1) is 5.41 Å². The molecule has 0 saturated heterocycles. The Morgan fingerprint density at radius 2 is 1.71 bits per heavy atom. The summed E-state index contributed by atoms with van der Waals surface area (Å²) in [6.45, 7) is 2.05. The van der Waals surface area contributed by atoms with E-state index in [1.54, 1.807) is 12.1 Å². The number of halogens is 1. The highest BCUT2D eigenvalue weighted by Gasteiger charge is 2.43. The Kier molecular flexibility index (Phi) is 3.62. The number of hydrogen-bond donors (Lipinski definition) is 0. The van der Waals surface area contributed by atoms with Gasteiger partial charge >= 0.3 is 0 Å². The molecule has 0 bridgehead atoms. The summed E-state index contributed by atoms with van der Waals surface area (Å²) in [7, 11) is 0. The van der Waals surface area contributed by atoms with Crippen LogP contribution in [0.2, 0.25) is 0 Å². The van der Waals surface area contributed by atoms with Gasteiger partial charge in [-0.05, 0) is 49.4 Å². The van der Waals surface area contributed by atoms with Crippen molar-refractivity contribution in [2.75, 3.05) is 0 Å². The third kappa shape index (κ3) is 2.63. The molecule has 1 aliphatic rings. The zero-order chi connectivity index (χ0) is 14.9. The van der Waals surface area contributed by atoms with Crippen molar-refractivity contribution in [3.63, 3.8) is 0 Å². The molecule has 0 N–H and O–H groups in total. The number of Topliss-reactive ketones (excluding diaryl/α,β-unsaturated/α-hetero) is 1. The van der Waals surface area contributed by atoms with Crippen molar-refractivity contribution in [2.24, 2.45) is 0 Å². The molecule has 2 aromatic rings. The minimum atomic E-state index is -0.425. The predicted molar refractivity (Wildman–Crippen MR) is 81.8 cm³/mol.